The van der Waals surface area contributed by atoms with Crippen molar-refractivity contribution in [2.24, 2.45) is 34.6 Å². The van der Waals surface area contributed by atoms with E-state index in [-0.39, 0.29) is 54.0 Å². The zero-order valence-electron chi connectivity index (χ0n) is 32.6. The molecule has 286 valence electrons. The van der Waals surface area contributed by atoms with Crippen molar-refractivity contribution in [3.05, 3.63) is 64.9 Å². The second kappa shape index (κ2) is 17.6. The molecule has 0 spiro atoms. The molecule has 0 aliphatic carbocycles. The summed E-state index contributed by atoms with van der Waals surface area (Å²) in [5, 5.41) is 2.68. The fourth-order valence-electron chi connectivity index (χ4n) is 7.34. The molecule has 6 atom stereocenters. The number of nitrogens with zero attached hydrogens (tertiary/aromatic N) is 4. The lowest BCUT2D eigenvalue weighted by Gasteiger charge is -2.30. The molecule has 2 N–H and O–H groups in total. The van der Waals surface area contributed by atoms with E-state index >= 15 is 0 Å². The first-order valence-corrected chi connectivity index (χ1v) is 18.7. The molecule has 12 nitrogen and oxygen atoms in total. The van der Waals surface area contributed by atoms with E-state index in [4.69, 9.17) is 14.5 Å². The van der Waals surface area contributed by atoms with E-state index in [1.807, 2.05) is 56.9 Å². The fraction of sp³-hybridized carbons (Fsp3) is 0.524. The van der Waals surface area contributed by atoms with E-state index < -0.39 is 18.1 Å². The molecule has 3 amide bonds. The van der Waals surface area contributed by atoms with Gasteiger partial charge >= 0.3 is 12.1 Å². The summed E-state index contributed by atoms with van der Waals surface area (Å²) >= 11 is 0. The summed E-state index contributed by atoms with van der Waals surface area (Å²) in [6.45, 7) is 13.1. The maximum atomic E-state index is 13.6. The number of nitrogens with one attached hydrogen (secondary N) is 2. The largest absolute Gasteiger partial charge is 0.469 e. The van der Waals surface area contributed by atoms with E-state index in [0.29, 0.717) is 36.9 Å². The number of allylic oxidation sites excluding steroid dienone is 1. The highest BCUT2D eigenvalue weighted by Gasteiger charge is 2.42. The number of H-pyrrole nitrogens is 1. The monoisotopic (exact) mass is 736 g/mol. The Balaban J connectivity index is 1.19. The number of imidazole rings is 1. The molecule has 2 fully saturated rings. The number of carbonyl (C=O) groups excluding carboxylic acids is 4. The van der Waals surface area contributed by atoms with Gasteiger partial charge < -0.3 is 29.6 Å². The standard InChI is InChI=1S/C42H52N6O6/c1-25(2)33(20-37(49)53-7)40(50)47-23-27(5)17-35(47)34-19-31(21-43-34)14-13-29-9-11-30(12-10-29)15-16-32-22-44-39(45-32)36-18-28(6)24-48(36)41(51)38(26(3)4)46-42(52)54-8/h9-12,21-22,25-28,33,35-36,38H,17-20,23-24H2,1-8H3,(H,44,45)(H,46,52)/t27-,28-,33-,35-,36-,38-/m0/s1. The molecule has 2 aromatic rings. The quantitative estimate of drug-likeness (QED) is 0.264. The molecular weight excluding hydrogens is 684 g/mol. The van der Waals surface area contributed by atoms with E-state index in [2.05, 4.69) is 52.8 Å². The zero-order chi connectivity index (χ0) is 39.1. The number of amides is 3. The first kappa shape index (κ1) is 39.8. The van der Waals surface area contributed by atoms with Crippen LogP contribution in [0.25, 0.3) is 0 Å². The lowest BCUT2D eigenvalue weighted by molar-refractivity contribution is -0.148. The number of aliphatic imine (C=N–C) groups is 1. The van der Waals surface area contributed by atoms with Gasteiger partial charge in [0.25, 0.3) is 0 Å². The summed E-state index contributed by atoms with van der Waals surface area (Å²) in [6.07, 6.45) is 5.07. The van der Waals surface area contributed by atoms with Crippen molar-refractivity contribution in [2.45, 2.75) is 85.4 Å². The van der Waals surface area contributed by atoms with E-state index in [1.54, 1.807) is 17.3 Å². The first-order valence-electron chi connectivity index (χ1n) is 18.7. The number of hydrogen-bond donors (Lipinski definition) is 2. The van der Waals surface area contributed by atoms with Gasteiger partial charge in [-0.1, -0.05) is 59.3 Å². The fourth-order valence-corrected chi connectivity index (χ4v) is 7.34. The minimum Gasteiger partial charge on any atom is -0.469 e. The van der Waals surface area contributed by atoms with E-state index in [1.165, 1.54) is 14.2 Å². The van der Waals surface area contributed by atoms with Gasteiger partial charge in [0.05, 0.1) is 44.8 Å². The molecule has 2 saturated heterocycles. The number of likely N-dealkylation sites (tertiary alicyclic amines) is 2. The number of benzene rings is 1. The van der Waals surface area contributed by atoms with Gasteiger partial charge in [-0.3, -0.25) is 19.4 Å². The van der Waals surface area contributed by atoms with Gasteiger partial charge in [0.2, 0.25) is 11.8 Å². The average Bonchev–Trinajstić information content (AvgIpc) is 3.97. The smallest absolute Gasteiger partial charge is 0.407 e. The lowest BCUT2D eigenvalue weighted by atomic mass is 9.90. The van der Waals surface area contributed by atoms with Crippen molar-refractivity contribution in [2.75, 3.05) is 27.3 Å². The number of hydrogen-bond acceptors (Lipinski definition) is 8. The topological polar surface area (TPSA) is 146 Å². The molecular formula is C42H52N6O6. The van der Waals surface area contributed by atoms with Gasteiger partial charge in [0, 0.05) is 48.1 Å². The molecule has 1 aromatic carbocycles. The molecule has 5 rings (SSSR count). The van der Waals surface area contributed by atoms with Gasteiger partial charge in [-0.2, -0.15) is 0 Å². The Hall–Kier alpha value is -5.36. The molecule has 4 heterocycles. The second-order valence-corrected chi connectivity index (χ2v) is 15.4. The molecule has 3 aliphatic heterocycles. The summed E-state index contributed by atoms with van der Waals surface area (Å²) < 4.78 is 9.61. The van der Waals surface area contributed by atoms with Crippen molar-refractivity contribution in [3.63, 3.8) is 0 Å². The Morgan fingerprint density at radius 3 is 2.06 bits per heavy atom. The van der Waals surface area contributed by atoms with Gasteiger partial charge in [0.1, 0.15) is 17.6 Å². The van der Waals surface area contributed by atoms with Gasteiger partial charge in [-0.25, -0.2) is 9.78 Å². The Morgan fingerprint density at radius 1 is 0.852 bits per heavy atom. The molecule has 0 unspecified atom stereocenters. The van der Waals surface area contributed by atoms with Gasteiger partial charge in [-0.05, 0) is 66.7 Å². The minimum atomic E-state index is -0.708. The Labute approximate surface area is 318 Å². The summed E-state index contributed by atoms with van der Waals surface area (Å²) in [6, 6.07) is 6.62. The van der Waals surface area contributed by atoms with Crippen LogP contribution in [0.5, 0.6) is 0 Å². The van der Waals surface area contributed by atoms with Crippen LogP contribution in [0.15, 0.2) is 47.2 Å². The predicted octanol–water partition coefficient (Wildman–Crippen LogP) is 5.25. The zero-order valence-corrected chi connectivity index (χ0v) is 32.6. The molecule has 0 radical (unpaired) electrons. The highest BCUT2D eigenvalue weighted by molar-refractivity contribution is 5.98. The summed E-state index contributed by atoms with van der Waals surface area (Å²) in [5.41, 5.74) is 4.12. The molecule has 1 aromatic heterocycles. The summed E-state index contributed by atoms with van der Waals surface area (Å²) in [7, 11) is 2.63. The van der Waals surface area contributed by atoms with Crippen molar-refractivity contribution in [1.29, 1.82) is 0 Å². The Morgan fingerprint density at radius 2 is 1.46 bits per heavy atom. The highest BCUT2D eigenvalue weighted by Crippen LogP contribution is 2.35. The van der Waals surface area contributed by atoms with Crippen LogP contribution in [0, 0.1) is 53.3 Å². The van der Waals surface area contributed by atoms with Crippen molar-refractivity contribution in [1.82, 2.24) is 25.1 Å². The van der Waals surface area contributed by atoms with Crippen LogP contribution in [0.4, 0.5) is 4.79 Å². The van der Waals surface area contributed by atoms with Crippen LogP contribution in [-0.4, -0.2) is 88.7 Å². The van der Waals surface area contributed by atoms with E-state index in [9.17, 15) is 19.2 Å². The predicted molar refractivity (Wildman–Crippen MR) is 205 cm³/mol. The number of carbonyl (C=O) groups is 4. The number of esters is 1. The first-order chi connectivity index (χ1) is 25.8. The number of aromatic amines is 1. The van der Waals surface area contributed by atoms with Crippen LogP contribution in [0.2, 0.25) is 0 Å². The summed E-state index contributed by atoms with van der Waals surface area (Å²) in [4.78, 5) is 67.5. The maximum absolute atomic E-state index is 13.6. The molecule has 3 aliphatic rings. The maximum Gasteiger partial charge on any atom is 0.407 e. The minimum absolute atomic E-state index is 0.00687. The second-order valence-electron chi connectivity index (χ2n) is 15.4. The number of aromatic nitrogens is 2. The summed E-state index contributed by atoms with van der Waals surface area (Å²) in [5.74, 6) is 13.0. The number of methoxy groups -OCH3 is 2. The van der Waals surface area contributed by atoms with E-state index in [0.717, 1.165) is 35.3 Å². The third kappa shape index (κ3) is 9.59. The van der Waals surface area contributed by atoms with Crippen molar-refractivity contribution in [3.8, 4) is 23.7 Å². The number of rotatable bonds is 9. The normalized spacial score (nSPS) is 21.7. The van der Waals surface area contributed by atoms with Crippen LogP contribution < -0.4 is 5.32 Å². The molecule has 12 heteroatoms. The third-order valence-corrected chi connectivity index (χ3v) is 10.4. The van der Waals surface area contributed by atoms with Crippen molar-refractivity contribution < 1.29 is 28.7 Å². The average molecular weight is 737 g/mol. The molecule has 54 heavy (non-hydrogen) atoms. The Bertz CT molecular complexity index is 1910. The van der Waals surface area contributed by atoms with Gasteiger partial charge in [0.15, 0.2) is 0 Å². The van der Waals surface area contributed by atoms with Crippen LogP contribution >= 0.6 is 0 Å². The Kier molecular flexibility index (Phi) is 13.0. The van der Waals surface area contributed by atoms with Crippen LogP contribution in [-0.2, 0) is 23.9 Å². The SMILES string of the molecule is COC(=O)C[C@H](C(=O)N1C[C@@H](C)C[C@H]1C1=NC=C(C#Cc2ccc(C#Cc3cnc([C@@H]4C[C@H](C)CN4C(=O)[C@@H](NC(=O)OC)C(C)C)[nH]3)cc2)C1)C(C)C. The van der Waals surface area contributed by atoms with Crippen LogP contribution in [0.3, 0.4) is 0 Å². The van der Waals surface area contributed by atoms with Gasteiger partial charge in [-0.15, -0.1) is 0 Å². The third-order valence-electron chi connectivity index (χ3n) is 10.4. The number of ether oxygens (including phenoxy) is 2. The number of alkyl carbamates (subject to hydrolysis) is 1. The van der Waals surface area contributed by atoms with Crippen LogP contribution in [0.1, 0.15) is 95.9 Å². The highest BCUT2D eigenvalue weighted by atomic mass is 16.5. The molecule has 0 bridgehead atoms. The van der Waals surface area contributed by atoms with Crippen molar-refractivity contribution >= 4 is 29.6 Å². The lowest BCUT2D eigenvalue weighted by Crippen LogP contribution is -2.51. The molecule has 0 saturated carbocycles.